The molecule has 1 unspecified atom stereocenters. The van der Waals surface area contributed by atoms with Crippen molar-refractivity contribution in [1.82, 2.24) is 0 Å². The molecule has 1 rings (SSSR count). The van der Waals surface area contributed by atoms with E-state index in [1.165, 1.54) is 0 Å². The van der Waals surface area contributed by atoms with Crippen LogP contribution in [0, 0.1) is 0 Å². The first kappa shape index (κ1) is 11.5. The minimum absolute atomic E-state index is 0.278. The predicted molar refractivity (Wildman–Crippen MR) is 53.9 cm³/mol. The molecular weight excluding hydrogens is 180 g/mol. The SMILES string of the molecule is CCCC1(CCC)CCC(O)C(=O)O1. The van der Waals surface area contributed by atoms with Crippen molar-refractivity contribution < 1.29 is 14.6 Å². The highest BCUT2D eigenvalue weighted by Crippen LogP contribution is 2.34. The fraction of sp³-hybridized carbons (Fsp3) is 0.909. The molecule has 0 aromatic rings. The van der Waals surface area contributed by atoms with Crippen LogP contribution in [0.4, 0.5) is 0 Å². The summed E-state index contributed by atoms with van der Waals surface area (Å²) in [7, 11) is 0. The van der Waals surface area contributed by atoms with Crippen LogP contribution in [-0.4, -0.2) is 22.8 Å². The minimum Gasteiger partial charge on any atom is -0.457 e. The first-order chi connectivity index (χ1) is 6.63. The summed E-state index contributed by atoms with van der Waals surface area (Å²) in [4.78, 5) is 11.3. The van der Waals surface area contributed by atoms with Gasteiger partial charge in [0.15, 0.2) is 6.10 Å². The third-order valence-electron chi connectivity index (χ3n) is 2.87. The Morgan fingerprint density at radius 1 is 1.43 bits per heavy atom. The van der Waals surface area contributed by atoms with Gasteiger partial charge in [-0.25, -0.2) is 4.79 Å². The van der Waals surface area contributed by atoms with Gasteiger partial charge in [-0.05, 0) is 25.7 Å². The molecule has 1 atom stereocenters. The van der Waals surface area contributed by atoms with Gasteiger partial charge in [-0.3, -0.25) is 0 Å². The number of carbonyl (C=O) groups is 1. The highest BCUT2D eigenvalue weighted by molar-refractivity contribution is 5.75. The van der Waals surface area contributed by atoms with Crippen LogP contribution in [0.15, 0.2) is 0 Å². The summed E-state index contributed by atoms with van der Waals surface area (Å²) in [6.45, 7) is 4.19. The molecular formula is C11H20O3. The fourth-order valence-electron chi connectivity index (χ4n) is 2.24. The van der Waals surface area contributed by atoms with E-state index in [2.05, 4.69) is 13.8 Å². The second-order valence-electron chi connectivity index (χ2n) is 4.16. The number of aliphatic hydroxyl groups is 1. The maximum Gasteiger partial charge on any atom is 0.335 e. The molecule has 0 aliphatic carbocycles. The van der Waals surface area contributed by atoms with E-state index in [1.807, 2.05) is 0 Å². The number of aliphatic hydroxyl groups excluding tert-OH is 1. The van der Waals surface area contributed by atoms with E-state index in [9.17, 15) is 9.90 Å². The standard InChI is InChI=1S/C11H20O3/c1-3-6-11(7-4-2)8-5-9(12)10(13)14-11/h9,12H,3-8H2,1-2H3. The van der Waals surface area contributed by atoms with Crippen LogP contribution >= 0.6 is 0 Å². The lowest BCUT2D eigenvalue weighted by molar-refractivity contribution is -0.183. The summed E-state index contributed by atoms with van der Waals surface area (Å²) in [5, 5.41) is 9.27. The number of cyclic esters (lactones) is 1. The van der Waals surface area contributed by atoms with Gasteiger partial charge in [0.05, 0.1) is 0 Å². The Balaban J connectivity index is 2.64. The monoisotopic (exact) mass is 200 g/mol. The molecule has 1 saturated heterocycles. The van der Waals surface area contributed by atoms with Gasteiger partial charge in [-0.1, -0.05) is 26.7 Å². The molecule has 3 heteroatoms. The molecule has 0 saturated carbocycles. The quantitative estimate of drug-likeness (QED) is 0.706. The molecule has 0 amide bonds. The molecule has 1 aliphatic rings. The van der Waals surface area contributed by atoms with Gasteiger partial charge >= 0.3 is 5.97 Å². The number of rotatable bonds is 4. The Hall–Kier alpha value is -0.570. The average Bonchev–Trinajstić information content (AvgIpc) is 2.13. The van der Waals surface area contributed by atoms with E-state index < -0.39 is 12.1 Å². The summed E-state index contributed by atoms with van der Waals surface area (Å²) in [5.41, 5.74) is -0.278. The lowest BCUT2D eigenvalue weighted by atomic mass is 9.84. The number of hydrogen-bond donors (Lipinski definition) is 1. The van der Waals surface area contributed by atoms with E-state index in [1.54, 1.807) is 0 Å². The topological polar surface area (TPSA) is 46.5 Å². The van der Waals surface area contributed by atoms with Crippen LogP contribution in [0.5, 0.6) is 0 Å². The molecule has 0 aromatic heterocycles. The Labute approximate surface area is 85.5 Å². The van der Waals surface area contributed by atoms with Gasteiger partial charge in [-0.2, -0.15) is 0 Å². The van der Waals surface area contributed by atoms with Crippen LogP contribution in [-0.2, 0) is 9.53 Å². The lowest BCUT2D eigenvalue weighted by Crippen LogP contribution is -2.44. The highest BCUT2D eigenvalue weighted by Gasteiger charge is 2.39. The first-order valence-electron chi connectivity index (χ1n) is 5.54. The van der Waals surface area contributed by atoms with Crippen molar-refractivity contribution in [3.63, 3.8) is 0 Å². The van der Waals surface area contributed by atoms with Crippen molar-refractivity contribution in [1.29, 1.82) is 0 Å². The Morgan fingerprint density at radius 3 is 2.43 bits per heavy atom. The second kappa shape index (κ2) is 4.78. The molecule has 1 fully saturated rings. The van der Waals surface area contributed by atoms with Gasteiger partial charge in [0.1, 0.15) is 5.60 Å². The van der Waals surface area contributed by atoms with Gasteiger partial charge < -0.3 is 9.84 Å². The van der Waals surface area contributed by atoms with Crippen molar-refractivity contribution in [2.45, 2.75) is 64.1 Å². The maximum absolute atomic E-state index is 11.3. The van der Waals surface area contributed by atoms with Crippen molar-refractivity contribution in [3.05, 3.63) is 0 Å². The summed E-state index contributed by atoms with van der Waals surface area (Å²) in [5.74, 6) is -0.432. The number of hydrogen-bond acceptors (Lipinski definition) is 3. The fourth-order valence-corrected chi connectivity index (χ4v) is 2.24. The summed E-state index contributed by atoms with van der Waals surface area (Å²) in [6.07, 6.45) is 4.34. The van der Waals surface area contributed by atoms with Crippen LogP contribution in [0.1, 0.15) is 52.4 Å². The van der Waals surface area contributed by atoms with E-state index >= 15 is 0 Å². The molecule has 3 nitrogen and oxygen atoms in total. The zero-order chi connectivity index (χ0) is 10.6. The molecule has 1 heterocycles. The third-order valence-corrected chi connectivity index (χ3v) is 2.87. The minimum atomic E-state index is -0.892. The van der Waals surface area contributed by atoms with Gasteiger partial charge in [-0.15, -0.1) is 0 Å². The lowest BCUT2D eigenvalue weighted by Gasteiger charge is -2.38. The predicted octanol–water partition coefficient (Wildman–Crippen LogP) is 2.02. The van der Waals surface area contributed by atoms with Crippen LogP contribution in [0.2, 0.25) is 0 Å². The van der Waals surface area contributed by atoms with Crippen molar-refractivity contribution in [2.24, 2.45) is 0 Å². The molecule has 1 aliphatic heterocycles. The summed E-state index contributed by atoms with van der Waals surface area (Å²) >= 11 is 0. The van der Waals surface area contributed by atoms with E-state index in [0.29, 0.717) is 6.42 Å². The van der Waals surface area contributed by atoms with Crippen molar-refractivity contribution in [2.75, 3.05) is 0 Å². The second-order valence-corrected chi connectivity index (χ2v) is 4.16. The number of esters is 1. The van der Waals surface area contributed by atoms with Crippen molar-refractivity contribution >= 4 is 5.97 Å². The van der Waals surface area contributed by atoms with Crippen LogP contribution < -0.4 is 0 Å². The largest absolute Gasteiger partial charge is 0.457 e. The Kier molecular flexibility index (Phi) is 3.93. The molecule has 0 bridgehead atoms. The molecule has 82 valence electrons. The van der Waals surface area contributed by atoms with Gasteiger partial charge in [0.2, 0.25) is 0 Å². The zero-order valence-electron chi connectivity index (χ0n) is 9.08. The maximum atomic E-state index is 11.3. The smallest absolute Gasteiger partial charge is 0.335 e. The van der Waals surface area contributed by atoms with Crippen LogP contribution in [0.3, 0.4) is 0 Å². The highest BCUT2D eigenvalue weighted by atomic mass is 16.6. The molecule has 0 aromatic carbocycles. The van der Waals surface area contributed by atoms with Gasteiger partial charge in [0.25, 0.3) is 0 Å². The van der Waals surface area contributed by atoms with Gasteiger partial charge in [0, 0.05) is 0 Å². The molecule has 1 N–H and O–H groups in total. The normalized spacial score (nSPS) is 25.9. The number of ether oxygens (including phenoxy) is 1. The first-order valence-corrected chi connectivity index (χ1v) is 5.54. The third kappa shape index (κ3) is 2.47. The average molecular weight is 200 g/mol. The van der Waals surface area contributed by atoms with E-state index in [0.717, 1.165) is 32.1 Å². The number of carbonyl (C=O) groups excluding carboxylic acids is 1. The zero-order valence-corrected chi connectivity index (χ0v) is 9.08. The summed E-state index contributed by atoms with van der Waals surface area (Å²) in [6, 6.07) is 0. The molecule has 14 heavy (non-hydrogen) atoms. The Bertz CT molecular complexity index is 195. The van der Waals surface area contributed by atoms with E-state index in [4.69, 9.17) is 4.74 Å². The molecule has 0 radical (unpaired) electrons. The Morgan fingerprint density at radius 2 is 2.00 bits per heavy atom. The van der Waals surface area contributed by atoms with Crippen molar-refractivity contribution in [3.8, 4) is 0 Å². The van der Waals surface area contributed by atoms with Crippen LogP contribution in [0.25, 0.3) is 0 Å². The molecule has 0 spiro atoms. The van der Waals surface area contributed by atoms with E-state index in [-0.39, 0.29) is 5.60 Å². The summed E-state index contributed by atoms with van der Waals surface area (Å²) < 4.78 is 5.38.